The quantitative estimate of drug-likeness (QED) is 0.908. The number of amides is 2. The summed E-state index contributed by atoms with van der Waals surface area (Å²) in [6, 6.07) is 13.1. The van der Waals surface area contributed by atoms with Gasteiger partial charge in [-0.15, -0.1) is 0 Å². The first-order valence-corrected chi connectivity index (χ1v) is 8.12. The van der Waals surface area contributed by atoms with Gasteiger partial charge in [-0.3, -0.25) is 9.59 Å². The molecule has 3 rings (SSSR count). The van der Waals surface area contributed by atoms with Gasteiger partial charge in [0.15, 0.2) is 0 Å². The van der Waals surface area contributed by atoms with Gasteiger partial charge in [-0.2, -0.15) is 0 Å². The van der Waals surface area contributed by atoms with Gasteiger partial charge in [0, 0.05) is 42.6 Å². The first-order chi connectivity index (χ1) is 11.6. The molecule has 0 aromatic heterocycles. The Balaban J connectivity index is 1.72. The van der Waals surface area contributed by atoms with Gasteiger partial charge in [0.05, 0.1) is 0 Å². The third kappa shape index (κ3) is 3.40. The fraction of sp³-hybridized carbons (Fsp3) is 0.263. The monoisotopic (exact) mass is 323 g/mol. The van der Waals surface area contributed by atoms with Gasteiger partial charge in [0.2, 0.25) is 5.91 Å². The van der Waals surface area contributed by atoms with E-state index < -0.39 is 0 Å². The Hall–Kier alpha value is -2.82. The Morgan fingerprint density at radius 1 is 1.17 bits per heavy atom. The van der Waals surface area contributed by atoms with Crippen molar-refractivity contribution in [2.24, 2.45) is 0 Å². The van der Waals surface area contributed by atoms with Crippen LogP contribution in [0.1, 0.15) is 29.3 Å². The molecule has 0 aliphatic carbocycles. The third-order valence-corrected chi connectivity index (χ3v) is 4.30. The van der Waals surface area contributed by atoms with E-state index in [2.05, 4.69) is 22.5 Å². The number of aryl methyl sites for hydroxylation is 1. The van der Waals surface area contributed by atoms with Crippen molar-refractivity contribution in [3.63, 3.8) is 0 Å². The second-order valence-corrected chi connectivity index (χ2v) is 5.94. The minimum absolute atomic E-state index is 0.0384. The van der Waals surface area contributed by atoms with Crippen LogP contribution in [0.15, 0.2) is 42.5 Å². The second kappa shape index (κ2) is 6.74. The Morgan fingerprint density at radius 2 is 1.92 bits per heavy atom. The summed E-state index contributed by atoms with van der Waals surface area (Å²) in [5.41, 5.74) is 4.32. The Morgan fingerprint density at radius 3 is 2.62 bits per heavy atom. The lowest BCUT2D eigenvalue weighted by Gasteiger charge is -2.18. The molecular formula is C19H21N3O2. The van der Waals surface area contributed by atoms with Gasteiger partial charge in [-0.1, -0.05) is 0 Å². The molecule has 0 radical (unpaired) electrons. The van der Waals surface area contributed by atoms with E-state index in [9.17, 15) is 9.59 Å². The molecule has 5 heteroatoms. The Bertz CT molecular complexity index is 769. The molecule has 0 fully saturated rings. The summed E-state index contributed by atoms with van der Waals surface area (Å²) in [5, 5.41) is 5.76. The van der Waals surface area contributed by atoms with Crippen molar-refractivity contribution in [1.29, 1.82) is 0 Å². The standard InChI is InChI=1S/C19H21N3O2/c1-3-22(2)16-8-4-13(5-9-16)19(24)20-15-7-10-17-14(12-15)6-11-18(23)21-17/h4-5,7-10,12H,3,6,11H2,1-2H3,(H,20,24)(H,21,23). The smallest absolute Gasteiger partial charge is 0.255 e. The van der Waals surface area contributed by atoms with Crippen molar-refractivity contribution in [3.8, 4) is 0 Å². The largest absolute Gasteiger partial charge is 0.375 e. The van der Waals surface area contributed by atoms with Crippen molar-refractivity contribution in [2.45, 2.75) is 19.8 Å². The van der Waals surface area contributed by atoms with Crippen LogP contribution in [0.25, 0.3) is 0 Å². The average Bonchev–Trinajstić information content (AvgIpc) is 2.61. The molecule has 2 aromatic rings. The molecule has 0 spiro atoms. The average molecular weight is 323 g/mol. The highest BCUT2D eigenvalue weighted by molar-refractivity contribution is 6.04. The maximum Gasteiger partial charge on any atom is 0.255 e. The van der Waals surface area contributed by atoms with E-state index in [1.54, 1.807) is 0 Å². The van der Waals surface area contributed by atoms with Gasteiger partial charge >= 0.3 is 0 Å². The molecule has 1 aliphatic rings. The van der Waals surface area contributed by atoms with Crippen LogP contribution in [0.2, 0.25) is 0 Å². The van der Waals surface area contributed by atoms with Crippen LogP contribution < -0.4 is 15.5 Å². The zero-order chi connectivity index (χ0) is 17.1. The van der Waals surface area contributed by atoms with Crippen molar-refractivity contribution < 1.29 is 9.59 Å². The van der Waals surface area contributed by atoms with E-state index in [1.807, 2.05) is 49.5 Å². The van der Waals surface area contributed by atoms with Crippen molar-refractivity contribution >= 4 is 28.9 Å². The van der Waals surface area contributed by atoms with Crippen LogP contribution in [0, 0.1) is 0 Å². The topological polar surface area (TPSA) is 61.4 Å². The third-order valence-electron chi connectivity index (χ3n) is 4.30. The van der Waals surface area contributed by atoms with Gasteiger partial charge in [0.1, 0.15) is 0 Å². The van der Waals surface area contributed by atoms with E-state index in [-0.39, 0.29) is 11.8 Å². The number of nitrogens with zero attached hydrogens (tertiary/aromatic N) is 1. The van der Waals surface area contributed by atoms with Gasteiger partial charge in [-0.25, -0.2) is 0 Å². The molecule has 1 heterocycles. The van der Waals surface area contributed by atoms with Crippen LogP contribution >= 0.6 is 0 Å². The normalized spacial score (nSPS) is 13.0. The van der Waals surface area contributed by atoms with Gasteiger partial charge in [-0.05, 0) is 61.4 Å². The molecule has 1 aliphatic heterocycles. The lowest BCUT2D eigenvalue weighted by molar-refractivity contribution is -0.116. The van der Waals surface area contributed by atoms with Crippen molar-refractivity contribution in [3.05, 3.63) is 53.6 Å². The Kier molecular flexibility index (Phi) is 4.51. The van der Waals surface area contributed by atoms with Crippen LogP contribution in [0.4, 0.5) is 17.1 Å². The van der Waals surface area contributed by atoms with E-state index >= 15 is 0 Å². The number of fused-ring (bicyclic) bond motifs is 1. The summed E-state index contributed by atoms with van der Waals surface area (Å²) in [6.45, 7) is 3.00. The van der Waals surface area contributed by atoms with Crippen LogP contribution in [0.5, 0.6) is 0 Å². The van der Waals surface area contributed by atoms with Crippen LogP contribution in [0.3, 0.4) is 0 Å². The fourth-order valence-corrected chi connectivity index (χ4v) is 2.71. The van der Waals surface area contributed by atoms with E-state index in [4.69, 9.17) is 0 Å². The summed E-state index contributed by atoms with van der Waals surface area (Å²) in [5.74, 6) is -0.100. The molecule has 5 nitrogen and oxygen atoms in total. The number of anilines is 3. The summed E-state index contributed by atoms with van der Waals surface area (Å²) in [7, 11) is 2.01. The number of hydrogen-bond donors (Lipinski definition) is 2. The zero-order valence-electron chi connectivity index (χ0n) is 13.9. The SMILES string of the molecule is CCN(C)c1ccc(C(=O)Nc2ccc3c(c2)CCC(=O)N3)cc1. The highest BCUT2D eigenvalue weighted by Gasteiger charge is 2.15. The number of carbonyl (C=O) groups is 2. The first-order valence-electron chi connectivity index (χ1n) is 8.12. The molecule has 0 bridgehead atoms. The molecule has 0 atom stereocenters. The molecule has 24 heavy (non-hydrogen) atoms. The van der Waals surface area contributed by atoms with Crippen LogP contribution in [-0.2, 0) is 11.2 Å². The summed E-state index contributed by atoms with van der Waals surface area (Å²) < 4.78 is 0. The molecule has 0 unspecified atom stereocenters. The number of carbonyl (C=O) groups excluding carboxylic acids is 2. The number of rotatable bonds is 4. The highest BCUT2D eigenvalue weighted by atomic mass is 16.2. The zero-order valence-corrected chi connectivity index (χ0v) is 13.9. The Labute approximate surface area is 141 Å². The molecular weight excluding hydrogens is 302 g/mol. The van der Waals surface area contributed by atoms with E-state index in [0.29, 0.717) is 18.4 Å². The maximum absolute atomic E-state index is 12.4. The van der Waals surface area contributed by atoms with Crippen LogP contribution in [-0.4, -0.2) is 25.4 Å². The van der Waals surface area contributed by atoms with E-state index in [0.717, 1.165) is 29.2 Å². The minimum atomic E-state index is -0.138. The highest BCUT2D eigenvalue weighted by Crippen LogP contribution is 2.26. The van der Waals surface area contributed by atoms with Crippen molar-refractivity contribution in [1.82, 2.24) is 0 Å². The lowest BCUT2D eigenvalue weighted by Crippen LogP contribution is -2.19. The molecule has 2 N–H and O–H groups in total. The summed E-state index contributed by atoms with van der Waals surface area (Å²) >= 11 is 0. The summed E-state index contributed by atoms with van der Waals surface area (Å²) in [6.07, 6.45) is 1.18. The van der Waals surface area contributed by atoms with E-state index in [1.165, 1.54) is 0 Å². The lowest BCUT2D eigenvalue weighted by atomic mass is 10.0. The van der Waals surface area contributed by atoms with Gasteiger partial charge in [0.25, 0.3) is 5.91 Å². The number of hydrogen-bond acceptors (Lipinski definition) is 3. The number of benzene rings is 2. The second-order valence-electron chi connectivity index (χ2n) is 5.94. The molecule has 0 saturated heterocycles. The fourth-order valence-electron chi connectivity index (χ4n) is 2.71. The molecule has 124 valence electrons. The van der Waals surface area contributed by atoms with Crippen molar-refractivity contribution in [2.75, 3.05) is 29.1 Å². The first kappa shape index (κ1) is 16.1. The van der Waals surface area contributed by atoms with Gasteiger partial charge < -0.3 is 15.5 Å². The summed E-state index contributed by atoms with van der Waals surface area (Å²) in [4.78, 5) is 25.9. The predicted octanol–water partition coefficient (Wildman–Crippen LogP) is 3.28. The molecule has 0 saturated carbocycles. The number of nitrogens with one attached hydrogen (secondary N) is 2. The minimum Gasteiger partial charge on any atom is -0.375 e. The predicted molar refractivity (Wildman–Crippen MR) is 96.7 cm³/mol. The maximum atomic E-state index is 12.4. The molecule has 2 aromatic carbocycles. The molecule has 2 amide bonds.